The zero-order chi connectivity index (χ0) is 20.1. The third-order valence-corrected chi connectivity index (χ3v) is 5.96. The summed E-state index contributed by atoms with van der Waals surface area (Å²) in [6, 6.07) is 15.0. The van der Waals surface area contributed by atoms with Crippen LogP contribution in [0.15, 0.2) is 70.0 Å². The van der Waals surface area contributed by atoms with E-state index in [0.29, 0.717) is 31.0 Å². The molecule has 0 bridgehead atoms. The fourth-order valence-corrected chi connectivity index (χ4v) is 4.23. The van der Waals surface area contributed by atoms with E-state index in [9.17, 15) is 4.79 Å². The van der Waals surface area contributed by atoms with Gasteiger partial charge in [-0.1, -0.05) is 12.1 Å². The fraction of sp³-hybridized carbons (Fsp3) is 0.182. The second kappa shape index (κ2) is 9.07. The van der Waals surface area contributed by atoms with Crippen LogP contribution in [0.3, 0.4) is 0 Å². The van der Waals surface area contributed by atoms with Crippen LogP contribution in [-0.4, -0.2) is 15.8 Å². The van der Waals surface area contributed by atoms with E-state index in [4.69, 9.17) is 9.15 Å². The van der Waals surface area contributed by atoms with Gasteiger partial charge in [-0.15, -0.1) is 22.7 Å². The Bertz CT molecular complexity index is 1020. The molecule has 7 heteroatoms. The molecular weight excluding hydrogens is 404 g/mol. The van der Waals surface area contributed by atoms with Crippen LogP contribution in [0.25, 0.3) is 0 Å². The molecule has 0 aliphatic rings. The maximum absolute atomic E-state index is 13.2. The third-order valence-electron chi connectivity index (χ3n) is 4.28. The molecule has 29 heavy (non-hydrogen) atoms. The van der Waals surface area contributed by atoms with E-state index < -0.39 is 0 Å². The molecule has 0 saturated heterocycles. The summed E-state index contributed by atoms with van der Waals surface area (Å²) in [5.74, 6) is 1.33. The molecule has 0 spiro atoms. The number of thiophene rings is 1. The lowest BCUT2D eigenvalue weighted by atomic mass is 10.1. The van der Waals surface area contributed by atoms with Gasteiger partial charge in [0.2, 0.25) is 0 Å². The molecule has 0 radical (unpaired) electrons. The van der Waals surface area contributed by atoms with Crippen molar-refractivity contribution < 1.29 is 13.9 Å². The number of benzene rings is 1. The Morgan fingerprint density at radius 2 is 2.07 bits per heavy atom. The van der Waals surface area contributed by atoms with Crippen molar-refractivity contribution in [2.45, 2.75) is 26.6 Å². The van der Waals surface area contributed by atoms with Gasteiger partial charge in [-0.25, -0.2) is 4.98 Å². The lowest BCUT2D eigenvalue weighted by Crippen LogP contribution is -2.29. The highest BCUT2D eigenvalue weighted by Crippen LogP contribution is 2.21. The molecule has 1 aromatic carbocycles. The monoisotopic (exact) mass is 424 g/mol. The van der Waals surface area contributed by atoms with Crippen molar-refractivity contribution in [3.8, 4) is 5.75 Å². The average molecular weight is 425 g/mol. The number of rotatable bonds is 8. The van der Waals surface area contributed by atoms with Gasteiger partial charge in [0.1, 0.15) is 18.1 Å². The predicted molar refractivity (Wildman–Crippen MR) is 114 cm³/mol. The molecule has 0 aliphatic heterocycles. The van der Waals surface area contributed by atoms with Gasteiger partial charge >= 0.3 is 0 Å². The van der Waals surface area contributed by atoms with E-state index in [1.54, 1.807) is 39.9 Å². The first-order chi connectivity index (χ1) is 14.2. The van der Waals surface area contributed by atoms with Crippen LogP contribution in [0.5, 0.6) is 5.75 Å². The van der Waals surface area contributed by atoms with Gasteiger partial charge in [-0.2, -0.15) is 0 Å². The third kappa shape index (κ3) is 5.13. The summed E-state index contributed by atoms with van der Waals surface area (Å²) in [7, 11) is 0. The number of thiazole rings is 1. The van der Waals surface area contributed by atoms with Crippen LogP contribution in [0.2, 0.25) is 0 Å². The van der Waals surface area contributed by atoms with E-state index in [1.807, 2.05) is 60.1 Å². The quantitative estimate of drug-likeness (QED) is 0.373. The second-order valence-corrected chi connectivity index (χ2v) is 8.59. The predicted octanol–water partition coefficient (Wildman–Crippen LogP) is 5.53. The zero-order valence-electron chi connectivity index (χ0n) is 15.9. The number of carbonyl (C=O) groups excluding carboxylic acids is 1. The van der Waals surface area contributed by atoms with E-state index in [2.05, 4.69) is 4.98 Å². The van der Waals surface area contributed by atoms with Gasteiger partial charge in [0, 0.05) is 15.8 Å². The number of nitrogens with zero attached hydrogens (tertiary/aromatic N) is 2. The number of hydrogen-bond donors (Lipinski definition) is 0. The van der Waals surface area contributed by atoms with Gasteiger partial charge in [0.05, 0.1) is 30.1 Å². The normalized spacial score (nSPS) is 10.8. The van der Waals surface area contributed by atoms with Crippen LogP contribution in [0.1, 0.15) is 31.7 Å². The van der Waals surface area contributed by atoms with Gasteiger partial charge in [-0.3, -0.25) is 4.79 Å². The van der Waals surface area contributed by atoms with Crippen LogP contribution in [-0.2, 0) is 19.7 Å². The summed E-state index contributed by atoms with van der Waals surface area (Å²) in [5.41, 5.74) is 1.47. The van der Waals surface area contributed by atoms with Crippen LogP contribution < -0.4 is 4.74 Å². The lowest BCUT2D eigenvalue weighted by molar-refractivity contribution is 0.0719. The van der Waals surface area contributed by atoms with Crippen molar-refractivity contribution in [3.05, 3.63) is 92.5 Å². The lowest BCUT2D eigenvalue weighted by Gasteiger charge is -2.21. The van der Waals surface area contributed by atoms with Crippen LogP contribution in [0.4, 0.5) is 0 Å². The summed E-state index contributed by atoms with van der Waals surface area (Å²) in [4.78, 5) is 20.6. The molecule has 4 rings (SSSR count). The number of amides is 1. The number of ether oxygens (including phenoxy) is 1. The minimum absolute atomic E-state index is 0.0650. The highest BCUT2D eigenvalue weighted by molar-refractivity contribution is 7.10. The van der Waals surface area contributed by atoms with E-state index in [0.717, 1.165) is 21.3 Å². The number of aryl methyl sites for hydroxylation is 1. The van der Waals surface area contributed by atoms with Crippen molar-refractivity contribution in [1.29, 1.82) is 0 Å². The topological polar surface area (TPSA) is 55.6 Å². The average Bonchev–Trinajstić information content (AvgIpc) is 3.49. The Morgan fingerprint density at radius 1 is 1.14 bits per heavy atom. The molecule has 0 unspecified atom stereocenters. The van der Waals surface area contributed by atoms with Crippen molar-refractivity contribution in [1.82, 2.24) is 9.88 Å². The minimum Gasteiger partial charge on any atom is -0.487 e. The standard InChI is InChI=1S/C22H20N2O3S2/c1-16-23-18(15-29-16)14-27-19-6-2-5-17(11-19)22(25)24(12-20-7-3-9-26-20)13-21-8-4-10-28-21/h2-11,15H,12-14H2,1H3. The summed E-state index contributed by atoms with van der Waals surface area (Å²) in [6.07, 6.45) is 1.62. The fourth-order valence-electron chi connectivity index (χ4n) is 2.91. The van der Waals surface area contributed by atoms with Gasteiger partial charge < -0.3 is 14.1 Å². The van der Waals surface area contributed by atoms with Crippen molar-refractivity contribution in [3.63, 3.8) is 0 Å². The van der Waals surface area contributed by atoms with E-state index in [1.165, 1.54) is 0 Å². The SMILES string of the molecule is Cc1nc(COc2cccc(C(=O)N(Cc3ccco3)Cc3cccs3)c2)cs1. The molecule has 0 atom stereocenters. The zero-order valence-corrected chi connectivity index (χ0v) is 17.5. The maximum atomic E-state index is 13.2. The second-order valence-electron chi connectivity index (χ2n) is 6.49. The van der Waals surface area contributed by atoms with Gasteiger partial charge in [0.25, 0.3) is 5.91 Å². The molecule has 4 aromatic rings. The smallest absolute Gasteiger partial charge is 0.254 e. The van der Waals surface area contributed by atoms with E-state index >= 15 is 0 Å². The summed E-state index contributed by atoms with van der Waals surface area (Å²) >= 11 is 3.23. The Morgan fingerprint density at radius 3 is 2.79 bits per heavy atom. The molecule has 148 valence electrons. The molecule has 0 N–H and O–H groups in total. The molecule has 3 aromatic heterocycles. The molecular formula is C22H20N2O3S2. The summed E-state index contributed by atoms with van der Waals surface area (Å²) < 4.78 is 11.3. The Balaban J connectivity index is 1.50. The first kappa shape index (κ1) is 19.4. The molecule has 0 saturated carbocycles. The molecule has 3 heterocycles. The number of carbonyl (C=O) groups is 1. The largest absolute Gasteiger partial charge is 0.487 e. The highest BCUT2D eigenvalue weighted by atomic mass is 32.1. The van der Waals surface area contributed by atoms with Crippen molar-refractivity contribution in [2.75, 3.05) is 0 Å². The van der Waals surface area contributed by atoms with Crippen LogP contribution >= 0.6 is 22.7 Å². The highest BCUT2D eigenvalue weighted by Gasteiger charge is 2.19. The Labute approximate surface area is 177 Å². The van der Waals surface area contributed by atoms with Gasteiger partial charge in [0.15, 0.2) is 0 Å². The van der Waals surface area contributed by atoms with Crippen molar-refractivity contribution in [2.24, 2.45) is 0 Å². The number of furan rings is 1. The first-order valence-electron chi connectivity index (χ1n) is 9.15. The van der Waals surface area contributed by atoms with Gasteiger partial charge in [-0.05, 0) is 48.7 Å². The number of aromatic nitrogens is 1. The Kier molecular flexibility index (Phi) is 6.07. The summed E-state index contributed by atoms with van der Waals surface area (Å²) in [5, 5.41) is 5.00. The van der Waals surface area contributed by atoms with E-state index in [-0.39, 0.29) is 5.91 Å². The molecule has 5 nitrogen and oxygen atoms in total. The number of hydrogen-bond acceptors (Lipinski definition) is 6. The molecule has 0 aliphatic carbocycles. The first-order valence-corrected chi connectivity index (χ1v) is 10.9. The minimum atomic E-state index is -0.0650. The molecule has 0 fully saturated rings. The molecule has 1 amide bonds. The Hall–Kier alpha value is -2.90. The summed E-state index contributed by atoms with van der Waals surface area (Å²) in [6.45, 7) is 3.29. The van der Waals surface area contributed by atoms with Crippen molar-refractivity contribution >= 4 is 28.6 Å². The van der Waals surface area contributed by atoms with Crippen LogP contribution in [0, 0.1) is 6.92 Å². The maximum Gasteiger partial charge on any atom is 0.254 e.